The standard InChI is InChI=1S/C20H23NO4S/c1-3-21(4-2)26(23,24)19-14-12-18(13-15-19)20(22)25-16-8-11-17-9-6-5-7-10-17/h5-15H,3-4,16H2,1-2H3/b11-8+. The van der Waals surface area contributed by atoms with Gasteiger partial charge in [-0.1, -0.05) is 50.3 Å². The van der Waals surface area contributed by atoms with Gasteiger partial charge in [-0.2, -0.15) is 4.31 Å². The van der Waals surface area contributed by atoms with Gasteiger partial charge in [-0.25, -0.2) is 13.2 Å². The maximum atomic E-state index is 12.4. The Morgan fingerprint density at radius 3 is 2.19 bits per heavy atom. The molecule has 0 N–H and O–H groups in total. The van der Waals surface area contributed by atoms with Gasteiger partial charge in [0.25, 0.3) is 0 Å². The van der Waals surface area contributed by atoms with E-state index in [1.54, 1.807) is 19.9 Å². The number of hydrogen-bond acceptors (Lipinski definition) is 4. The molecule has 0 radical (unpaired) electrons. The Bertz CT molecular complexity index is 839. The minimum absolute atomic E-state index is 0.146. The van der Waals surface area contributed by atoms with Crippen LogP contribution >= 0.6 is 0 Å². The van der Waals surface area contributed by atoms with E-state index in [0.717, 1.165) is 5.56 Å². The Hall–Kier alpha value is -2.44. The zero-order valence-corrected chi connectivity index (χ0v) is 15.8. The Morgan fingerprint density at radius 1 is 1.00 bits per heavy atom. The van der Waals surface area contributed by atoms with E-state index in [9.17, 15) is 13.2 Å². The molecule has 2 aromatic carbocycles. The molecule has 0 atom stereocenters. The summed E-state index contributed by atoms with van der Waals surface area (Å²) in [6, 6.07) is 15.5. The summed E-state index contributed by atoms with van der Waals surface area (Å²) >= 11 is 0. The largest absolute Gasteiger partial charge is 0.458 e. The summed E-state index contributed by atoms with van der Waals surface area (Å²) < 4.78 is 31.4. The van der Waals surface area contributed by atoms with Crippen LogP contribution in [0.4, 0.5) is 0 Å². The Balaban J connectivity index is 1.97. The zero-order valence-electron chi connectivity index (χ0n) is 15.0. The Labute approximate surface area is 155 Å². The highest BCUT2D eigenvalue weighted by Crippen LogP contribution is 2.16. The van der Waals surface area contributed by atoms with Crippen LogP contribution in [0.1, 0.15) is 29.8 Å². The molecule has 0 saturated heterocycles. The molecule has 0 spiro atoms. The van der Waals surface area contributed by atoms with Crippen molar-refractivity contribution in [3.05, 3.63) is 71.8 Å². The number of rotatable bonds is 8. The molecular weight excluding hydrogens is 350 g/mol. The number of carbonyl (C=O) groups excluding carboxylic acids is 1. The SMILES string of the molecule is CCN(CC)S(=O)(=O)c1ccc(C(=O)OC/C=C/c2ccccc2)cc1. The second-order valence-corrected chi connectivity index (χ2v) is 7.46. The van der Waals surface area contributed by atoms with Gasteiger partial charge in [0.15, 0.2) is 0 Å². The summed E-state index contributed by atoms with van der Waals surface area (Å²) in [5.74, 6) is -0.491. The lowest BCUT2D eigenvalue weighted by Gasteiger charge is -2.18. The van der Waals surface area contributed by atoms with Crippen molar-refractivity contribution in [2.24, 2.45) is 0 Å². The third kappa shape index (κ3) is 5.03. The van der Waals surface area contributed by atoms with Crippen molar-refractivity contribution < 1.29 is 17.9 Å². The van der Waals surface area contributed by atoms with Crippen LogP contribution in [0, 0.1) is 0 Å². The average molecular weight is 373 g/mol. The van der Waals surface area contributed by atoms with Gasteiger partial charge in [-0.05, 0) is 35.9 Å². The van der Waals surface area contributed by atoms with Gasteiger partial charge in [-0.3, -0.25) is 0 Å². The van der Waals surface area contributed by atoms with Crippen LogP contribution in [0.2, 0.25) is 0 Å². The minimum atomic E-state index is -3.53. The normalized spacial score (nSPS) is 11.8. The molecule has 0 aliphatic rings. The average Bonchev–Trinajstić information content (AvgIpc) is 2.67. The van der Waals surface area contributed by atoms with E-state index in [0.29, 0.717) is 18.7 Å². The van der Waals surface area contributed by atoms with Gasteiger partial charge >= 0.3 is 5.97 Å². The monoisotopic (exact) mass is 373 g/mol. The molecule has 0 amide bonds. The summed E-state index contributed by atoms with van der Waals surface area (Å²) in [6.45, 7) is 4.52. The molecule has 6 heteroatoms. The zero-order chi connectivity index (χ0) is 19.0. The molecule has 2 rings (SSSR count). The molecule has 0 fully saturated rings. The molecule has 0 aliphatic heterocycles. The molecule has 5 nitrogen and oxygen atoms in total. The van der Waals surface area contributed by atoms with Crippen molar-refractivity contribution in [2.75, 3.05) is 19.7 Å². The van der Waals surface area contributed by atoms with Crippen molar-refractivity contribution in [1.82, 2.24) is 4.31 Å². The van der Waals surface area contributed by atoms with Crippen LogP contribution in [0.5, 0.6) is 0 Å². The number of benzene rings is 2. The van der Waals surface area contributed by atoms with E-state index in [-0.39, 0.29) is 11.5 Å². The maximum Gasteiger partial charge on any atom is 0.338 e. The predicted octanol–water partition coefficient (Wildman–Crippen LogP) is 3.59. The molecule has 0 bridgehead atoms. The van der Waals surface area contributed by atoms with E-state index in [2.05, 4.69) is 0 Å². The Morgan fingerprint density at radius 2 is 1.62 bits per heavy atom. The van der Waals surface area contributed by atoms with Crippen LogP contribution < -0.4 is 0 Å². The molecular formula is C20H23NO4S. The first kappa shape index (κ1) is 19.9. The highest BCUT2D eigenvalue weighted by Gasteiger charge is 2.21. The van der Waals surface area contributed by atoms with Crippen molar-refractivity contribution >= 4 is 22.1 Å². The summed E-state index contributed by atoms with van der Waals surface area (Å²) in [6.07, 6.45) is 3.62. The predicted molar refractivity (Wildman–Crippen MR) is 102 cm³/mol. The lowest BCUT2D eigenvalue weighted by atomic mass is 10.2. The van der Waals surface area contributed by atoms with Crippen LogP contribution in [0.25, 0.3) is 6.08 Å². The highest BCUT2D eigenvalue weighted by atomic mass is 32.2. The summed E-state index contributed by atoms with van der Waals surface area (Å²) in [7, 11) is -3.53. The van der Waals surface area contributed by atoms with E-state index < -0.39 is 16.0 Å². The topological polar surface area (TPSA) is 63.7 Å². The maximum absolute atomic E-state index is 12.4. The summed E-state index contributed by atoms with van der Waals surface area (Å²) in [4.78, 5) is 12.2. The van der Waals surface area contributed by atoms with Gasteiger partial charge in [0.2, 0.25) is 10.0 Å². The minimum Gasteiger partial charge on any atom is -0.458 e. The van der Waals surface area contributed by atoms with E-state index >= 15 is 0 Å². The van der Waals surface area contributed by atoms with E-state index in [1.807, 2.05) is 36.4 Å². The fraction of sp³-hybridized carbons (Fsp3) is 0.250. The molecule has 0 heterocycles. The number of nitrogens with zero attached hydrogens (tertiary/aromatic N) is 1. The van der Waals surface area contributed by atoms with Crippen LogP contribution in [-0.2, 0) is 14.8 Å². The summed E-state index contributed by atoms with van der Waals surface area (Å²) in [5, 5.41) is 0. The van der Waals surface area contributed by atoms with Crippen LogP contribution in [0.15, 0.2) is 65.6 Å². The second-order valence-electron chi connectivity index (χ2n) is 5.53. The molecule has 0 aliphatic carbocycles. The van der Waals surface area contributed by atoms with Crippen LogP contribution in [-0.4, -0.2) is 38.4 Å². The molecule has 138 valence electrons. The molecule has 0 unspecified atom stereocenters. The van der Waals surface area contributed by atoms with Crippen LogP contribution in [0.3, 0.4) is 0 Å². The Kier molecular flexibility index (Phi) is 7.12. The number of sulfonamides is 1. The molecule has 26 heavy (non-hydrogen) atoms. The van der Waals surface area contributed by atoms with Crippen molar-refractivity contribution in [3.8, 4) is 0 Å². The summed E-state index contributed by atoms with van der Waals surface area (Å²) in [5.41, 5.74) is 1.34. The number of esters is 1. The van der Waals surface area contributed by atoms with Crippen molar-refractivity contribution in [1.29, 1.82) is 0 Å². The first-order valence-corrected chi connectivity index (χ1v) is 9.92. The second kappa shape index (κ2) is 9.31. The fourth-order valence-corrected chi connectivity index (χ4v) is 3.89. The molecule has 0 saturated carbocycles. The van der Waals surface area contributed by atoms with Gasteiger partial charge in [0.05, 0.1) is 10.5 Å². The lowest BCUT2D eigenvalue weighted by molar-refractivity contribution is 0.0550. The third-order valence-corrected chi connectivity index (χ3v) is 5.92. The van der Waals surface area contributed by atoms with Gasteiger partial charge < -0.3 is 4.74 Å². The third-order valence-electron chi connectivity index (χ3n) is 3.85. The van der Waals surface area contributed by atoms with Gasteiger partial charge in [-0.15, -0.1) is 0 Å². The lowest BCUT2D eigenvalue weighted by Crippen LogP contribution is -2.30. The number of ether oxygens (including phenoxy) is 1. The first-order chi connectivity index (χ1) is 12.5. The quantitative estimate of drug-likeness (QED) is 0.664. The molecule has 0 aromatic heterocycles. The smallest absolute Gasteiger partial charge is 0.338 e. The number of carbonyl (C=O) groups is 1. The van der Waals surface area contributed by atoms with Gasteiger partial charge in [0, 0.05) is 13.1 Å². The van der Waals surface area contributed by atoms with E-state index in [4.69, 9.17) is 4.74 Å². The van der Waals surface area contributed by atoms with Gasteiger partial charge in [0.1, 0.15) is 6.61 Å². The molecule has 2 aromatic rings. The highest BCUT2D eigenvalue weighted by molar-refractivity contribution is 7.89. The van der Waals surface area contributed by atoms with E-state index in [1.165, 1.54) is 28.6 Å². The van der Waals surface area contributed by atoms with Crippen molar-refractivity contribution in [2.45, 2.75) is 18.7 Å². The first-order valence-electron chi connectivity index (χ1n) is 8.48. The fourth-order valence-electron chi connectivity index (χ4n) is 2.43. The van der Waals surface area contributed by atoms with Crippen molar-refractivity contribution in [3.63, 3.8) is 0 Å². The number of hydrogen-bond donors (Lipinski definition) is 0.